The van der Waals surface area contributed by atoms with Gasteiger partial charge in [-0.2, -0.15) is 0 Å². The van der Waals surface area contributed by atoms with Gasteiger partial charge in [0, 0.05) is 0 Å². The van der Waals surface area contributed by atoms with E-state index in [2.05, 4.69) is 6.92 Å². The standard InChI is InChI=1S/C20H42O2/c1-3-4-5-6-7-8-9-10-11-12-13-14-15-16-17-18-20(2,22)19-21/h21-22H,3-19H2,1-2H3. The highest BCUT2D eigenvalue weighted by atomic mass is 16.3. The van der Waals surface area contributed by atoms with Crippen LogP contribution in [0.25, 0.3) is 0 Å². The minimum absolute atomic E-state index is 0.119. The highest BCUT2D eigenvalue weighted by Gasteiger charge is 2.17. The third-order valence-electron chi connectivity index (χ3n) is 4.66. The molecule has 0 saturated heterocycles. The fraction of sp³-hybridized carbons (Fsp3) is 1.00. The number of rotatable bonds is 17. The molecule has 0 amide bonds. The largest absolute Gasteiger partial charge is 0.393 e. The van der Waals surface area contributed by atoms with Gasteiger partial charge in [0.1, 0.15) is 0 Å². The lowest BCUT2D eigenvalue weighted by Gasteiger charge is -2.19. The molecular formula is C20H42O2. The molecule has 0 heterocycles. The molecule has 1 atom stereocenters. The van der Waals surface area contributed by atoms with Gasteiger partial charge in [-0.05, 0) is 13.3 Å². The van der Waals surface area contributed by atoms with Gasteiger partial charge in [0.15, 0.2) is 0 Å². The second-order valence-corrected chi connectivity index (χ2v) is 7.35. The quantitative estimate of drug-likeness (QED) is 0.324. The van der Waals surface area contributed by atoms with Crippen LogP contribution in [0.15, 0.2) is 0 Å². The minimum atomic E-state index is -0.865. The molecule has 0 aromatic carbocycles. The van der Waals surface area contributed by atoms with Crippen molar-refractivity contribution in [1.29, 1.82) is 0 Å². The Kier molecular flexibility index (Phi) is 15.7. The zero-order chi connectivity index (χ0) is 16.5. The first-order chi connectivity index (χ1) is 10.6. The molecule has 0 radical (unpaired) electrons. The molecule has 1 unspecified atom stereocenters. The molecule has 0 aliphatic rings. The predicted octanol–water partition coefficient (Wildman–Crippen LogP) is 5.99. The lowest BCUT2D eigenvalue weighted by molar-refractivity contribution is -0.00695. The SMILES string of the molecule is CCCCCCCCCCCCCCCCCC(C)(O)CO. The maximum atomic E-state index is 9.68. The van der Waals surface area contributed by atoms with Gasteiger partial charge in [-0.3, -0.25) is 0 Å². The van der Waals surface area contributed by atoms with E-state index in [0.29, 0.717) is 0 Å². The summed E-state index contributed by atoms with van der Waals surface area (Å²) in [7, 11) is 0. The van der Waals surface area contributed by atoms with Gasteiger partial charge in [0.2, 0.25) is 0 Å². The molecule has 0 aliphatic carbocycles. The van der Waals surface area contributed by atoms with E-state index in [1.165, 1.54) is 89.9 Å². The molecule has 0 saturated carbocycles. The van der Waals surface area contributed by atoms with Crippen LogP contribution >= 0.6 is 0 Å². The van der Waals surface area contributed by atoms with Gasteiger partial charge < -0.3 is 10.2 Å². The molecule has 2 heteroatoms. The van der Waals surface area contributed by atoms with Crippen molar-refractivity contribution in [2.45, 2.75) is 122 Å². The first kappa shape index (κ1) is 21.9. The van der Waals surface area contributed by atoms with Gasteiger partial charge in [-0.15, -0.1) is 0 Å². The Morgan fingerprint density at radius 3 is 1.23 bits per heavy atom. The van der Waals surface area contributed by atoms with Crippen LogP contribution < -0.4 is 0 Å². The highest BCUT2D eigenvalue weighted by molar-refractivity contribution is 4.70. The van der Waals surface area contributed by atoms with Crippen molar-refractivity contribution < 1.29 is 10.2 Å². The van der Waals surface area contributed by atoms with Crippen molar-refractivity contribution in [3.63, 3.8) is 0 Å². The predicted molar refractivity (Wildman–Crippen MR) is 97.3 cm³/mol. The Balaban J connectivity index is 3.06. The second-order valence-electron chi connectivity index (χ2n) is 7.35. The smallest absolute Gasteiger partial charge is 0.0849 e. The molecule has 2 N–H and O–H groups in total. The number of hydrogen-bond acceptors (Lipinski definition) is 2. The van der Waals surface area contributed by atoms with E-state index in [1.54, 1.807) is 6.92 Å². The Bertz CT molecular complexity index is 214. The van der Waals surface area contributed by atoms with Gasteiger partial charge in [-0.1, -0.05) is 103 Å². The van der Waals surface area contributed by atoms with Gasteiger partial charge in [0.05, 0.1) is 12.2 Å². The lowest BCUT2D eigenvalue weighted by atomic mass is 9.98. The number of aliphatic hydroxyl groups is 2. The van der Waals surface area contributed by atoms with Crippen molar-refractivity contribution in [2.24, 2.45) is 0 Å². The summed E-state index contributed by atoms with van der Waals surface area (Å²) < 4.78 is 0. The highest BCUT2D eigenvalue weighted by Crippen LogP contribution is 2.16. The molecule has 22 heavy (non-hydrogen) atoms. The zero-order valence-electron chi connectivity index (χ0n) is 15.4. The van der Waals surface area contributed by atoms with Crippen molar-refractivity contribution in [2.75, 3.05) is 6.61 Å². The molecule has 0 fully saturated rings. The number of hydrogen-bond donors (Lipinski definition) is 2. The van der Waals surface area contributed by atoms with Crippen LogP contribution in [0.2, 0.25) is 0 Å². The Hall–Kier alpha value is -0.0800. The maximum Gasteiger partial charge on any atom is 0.0849 e. The van der Waals surface area contributed by atoms with E-state index >= 15 is 0 Å². The molecule has 0 rings (SSSR count). The van der Waals surface area contributed by atoms with Crippen LogP contribution in [0.1, 0.15) is 117 Å². The molecule has 0 spiro atoms. The monoisotopic (exact) mass is 314 g/mol. The zero-order valence-corrected chi connectivity index (χ0v) is 15.4. The summed E-state index contributed by atoms with van der Waals surface area (Å²) in [4.78, 5) is 0. The van der Waals surface area contributed by atoms with Gasteiger partial charge in [0.25, 0.3) is 0 Å². The first-order valence-electron chi connectivity index (χ1n) is 9.95. The normalized spacial score (nSPS) is 14.2. The fourth-order valence-corrected chi connectivity index (χ4v) is 2.96. The molecule has 0 bridgehead atoms. The summed E-state index contributed by atoms with van der Waals surface area (Å²) in [5.41, 5.74) is -0.865. The molecular weight excluding hydrogens is 272 g/mol. The fourth-order valence-electron chi connectivity index (χ4n) is 2.96. The van der Waals surface area contributed by atoms with E-state index in [-0.39, 0.29) is 6.61 Å². The van der Waals surface area contributed by atoms with E-state index in [0.717, 1.165) is 12.8 Å². The topological polar surface area (TPSA) is 40.5 Å². The number of aliphatic hydroxyl groups excluding tert-OH is 1. The Morgan fingerprint density at radius 1 is 0.591 bits per heavy atom. The van der Waals surface area contributed by atoms with Crippen LogP contribution in [0, 0.1) is 0 Å². The van der Waals surface area contributed by atoms with Crippen LogP contribution in [0.3, 0.4) is 0 Å². The second kappa shape index (κ2) is 15.8. The van der Waals surface area contributed by atoms with E-state index in [4.69, 9.17) is 5.11 Å². The van der Waals surface area contributed by atoms with Crippen molar-refractivity contribution in [1.82, 2.24) is 0 Å². The molecule has 0 aromatic rings. The lowest BCUT2D eigenvalue weighted by Crippen LogP contribution is -2.28. The summed E-state index contributed by atoms with van der Waals surface area (Å²) >= 11 is 0. The summed E-state index contributed by atoms with van der Waals surface area (Å²) in [5, 5.41) is 18.6. The van der Waals surface area contributed by atoms with E-state index in [9.17, 15) is 5.11 Å². The molecule has 134 valence electrons. The third-order valence-corrected chi connectivity index (χ3v) is 4.66. The van der Waals surface area contributed by atoms with Crippen LogP contribution in [0.5, 0.6) is 0 Å². The van der Waals surface area contributed by atoms with E-state index < -0.39 is 5.60 Å². The van der Waals surface area contributed by atoms with Gasteiger partial charge >= 0.3 is 0 Å². The third kappa shape index (κ3) is 16.3. The number of unbranched alkanes of at least 4 members (excludes halogenated alkanes) is 14. The molecule has 0 aromatic heterocycles. The van der Waals surface area contributed by atoms with Crippen molar-refractivity contribution >= 4 is 0 Å². The van der Waals surface area contributed by atoms with E-state index in [1.807, 2.05) is 0 Å². The summed E-state index contributed by atoms with van der Waals surface area (Å²) in [6.45, 7) is 3.88. The van der Waals surface area contributed by atoms with Crippen LogP contribution in [-0.4, -0.2) is 22.4 Å². The van der Waals surface area contributed by atoms with Crippen molar-refractivity contribution in [3.8, 4) is 0 Å². The summed E-state index contributed by atoms with van der Waals surface area (Å²) in [6.07, 6.45) is 21.1. The Morgan fingerprint density at radius 2 is 0.909 bits per heavy atom. The summed E-state index contributed by atoms with van der Waals surface area (Å²) in [6, 6.07) is 0. The summed E-state index contributed by atoms with van der Waals surface area (Å²) in [5.74, 6) is 0. The minimum Gasteiger partial charge on any atom is -0.393 e. The molecule has 2 nitrogen and oxygen atoms in total. The van der Waals surface area contributed by atoms with Gasteiger partial charge in [-0.25, -0.2) is 0 Å². The van der Waals surface area contributed by atoms with Crippen LogP contribution in [-0.2, 0) is 0 Å². The maximum absolute atomic E-state index is 9.68. The average molecular weight is 315 g/mol. The average Bonchev–Trinajstić information content (AvgIpc) is 2.51. The first-order valence-corrected chi connectivity index (χ1v) is 9.95. The Labute approximate surface area is 139 Å². The van der Waals surface area contributed by atoms with Crippen molar-refractivity contribution in [3.05, 3.63) is 0 Å². The van der Waals surface area contributed by atoms with Crippen LogP contribution in [0.4, 0.5) is 0 Å². The molecule has 0 aliphatic heterocycles.